The van der Waals surface area contributed by atoms with Crippen LogP contribution in [0.25, 0.3) is 0 Å². The van der Waals surface area contributed by atoms with E-state index in [0.717, 1.165) is 21.7 Å². The van der Waals surface area contributed by atoms with Gasteiger partial charge in [-0.3, -0.25) is 19.3 Å². The molecule has 1 aromatic heterocycles. The van der Waals surface area contributed by atoms with Gasteiger partial charge in [0.1, 0.15) is 6.67 Å². The first kappa shape index (κ1) is 23.5. The topological polar surface area (TPSA) is 103 Å². The Hall–Kier alpha value is -3.63. The highest BCUT2D eigenvalue weighted by molar-refractivity contribution is 7.88. The van der Waals surface area contributed by atoms with Crippen molar-refractivity contribution >= 4 is 15.9 Å². The van der Waals surface area contributed by atoms with Gasteiger partial charge in [-0.15, -0.1) is 0 Å². The van der Waals surface area contributed by atoms with Gasteiger partial charge in [0.25, 0.3) is 5.91 Å². The van der Waals surface area contributed by atoms with E-state index in [1.807, 2.05) is 65.7 Å². The van der Waals surface area contributed by atoms with Crippen molar-refractivity contribution < 1.29 is 18.3 Å². The Labute approximate surface area is 198 Å². The van der Waals surface area contributed by atoms with Crippen molar-refractivity contribution in [1.82, 2.24) is 13.9 Å². The molecule has 2 aromatic carbocycles. The highest BCUT2D eigenvalue weighted by Gasteiger charge is 2.36. The van der Waals surface area contributed by atoms with Crippen LogP contribution < -0.4 is 10.4 Å². The van der Waals surface area contributed by atoms with E-state index >= 15 is 0 Å². The van der Waals surface area contributed by atoms with Crippen molar-refractivity contribution in [2.75, 3.05) is 38.1 Å². The second-order valence-electron chi connectivity index (χ2n) is 8.18. The zero-order valence-corrected chi connectivity index (χ0v) is 19.7. The summed E-state index contributed by atoms with van der Waals surface area (Å²) < 4.78 is 26.4. The third-order valence-corrected chi connectivity index (χ3v) is 7.23. The van der Waals surface area contributed by atoms with Gasteiger partial charge in [-0.2, -0.15) is 0 Å². The average molecular weight is 483 g/mol. The number of carbonyl (C=O) groups is 1. The molecule has 0 spiro atoms. The second-order valence-corrected chi connectivity index (χ2v) is 10.3. The quantitative estimate of drug-likeness (QED) is 0.549. The Balaban J connectivity index is 1.83. The highest BCUT2D eigenvalue weighted by atomic mass is 32.2. The van der Waals surface area contributed by atoms with E-state index in [1.54, 1.807) is 0 Å². The van der Waals surface area contributed by atoms with Crippen molar-refractivity contribution in [3.05, 3.63) is 100.0 Å². The minimum Gasteiger partial charge on any atom is -0.502 e. The van der Waals surface area contributed by atoms with Crippen molar-refractivity contribution in [3.8, 4) is 5.75 Å². The zero-order valence-electron chi connectivity index (χ0n) is 18.9. The fourth-order valence-corrected chi connectivity index (χ4v) is 4.41. The highest BCUT2D eigenvalue weighted by Crippen LogP contribution is 2.31. The molecule has 1 amide bonds. The fourth-order valence-electron chi connectivity index (χ4n) is 4.00. The van der Waals surface area contributed by atoms with Crippen molar-refractivity contribution in [3.63, 3.8) is 0 Å². The molecule has 0 bridgehead atoms. The number of amides is 1. The van der Waals surface area contributed by atoms with Gasteiger partial charge in [0.2, 0.25) is 15.5 Å². The summed E-state index contributed by atoms with van der Waals surface area (Å²) in [5.41, 5.74) is 1.07. The summed E-state index contributed by atoms with van der Waals surface area (Å²) in [7, 11) is -2.00. The van der Waals surface area contributed by atoms with Crippen LogP contribution in [0.2, 0.25) is 0 Å². The lowest BCUT2D eigenvalue weighted by Crippen LogP contribution is -2.56. The maximum Gasteiger partial charge on any atom is 0.277 e. The van der Waals surface area contributed by atoms with Gasteiger partial charge in [0.05, 0.1) is 12.3 Å². The van der Waals surface area contributed by atoms with E-state index in [-0.39, 0.29) is 31.5 Å². The van der Waals surface area contributed by atoms with E-state index in [4.69, 9.17) is 0 Å². The third-order valence-electron chi connectivity index (χ3n) is 5.92. The van der Waals surface area contributed by atoms with Crippen LogP contribution in [0.4, 0.5) is 0 Å². The summed E-state index contributed by atoms with van der Waals surface area (Å²) in [6, 6.07) is 20.2. The predicted molar refractivity (Wildman–Crippen MR) is 129 cm³/mol. The van der Waals surface area contributed by atoms with Gasteiger partial charge < -0.3 is 10.0 Å². The molecule has 1 aliphatic rings. The van der Waals surface area contributed by atoms with E-state index in [0.29, 0.717) is 0 Å². The van der Waals surface area contributed by atoms with Crippen molar-refractivity contribution in [1.29, 1.82) is 0 Å². The Morgan fingerprint density at radius 1 is 0.971 bits per heavy atom. The molecule has 2 heterocycles. The van der Waals surface area contributed by atoms with Gasteiger partial charge in [0, 0.05) is 32.4 Å². The molecule has 0 atom stereocenters. The second kappa shape index (κ2) is 9.32. The van der Waals surface area contributed by atoms with Gasteiger partial charge >= 0.3 is 0 Å². The number of pyridine rings is 1. The summed E-state index contributed by atoms with van der Waals surface area (Å²) in [6.45, 7) is 0.259. The Morgan fingerprint density at radius 2 is 1.53 bits per heavy atom. The standard InChI is InChI=1S/C24H26N4O5S/c1-25(34(2,32)33)15-16-26-17-28(27-14-13-20(29)23(30)22(27)24(26)31)21(18-9-5-3-6-10-18)19-11-7-4-8-12-19/h3-14,21,30H,15-17H2,1-2H3. The molecule has 4 rings (SSSR count). The van der Waals surface area contributed by atoms with Gasteiger partial charge in [-0.1, -0.05) is 60.7 Å². The molecule has 3 aromatic rings. The lowest BCUT2D eigenvalue weighted by Gasteiger charge is -2.44. The summed E-state index contributed by atoms with van der Waals surface area (Å²) in [5.74, 6) is -1.19. The minimum absolute atomic E-state index is 0.0670. The number of nitrogens with zero attached hydrogens (tertiary/aromatic N) is 4. The van der Waals surface area contributed by atoms with E-state index in [9.17, 15) is 23.1 Å². The molecule has 34 heavy (non-hydrogen) atoms. The summed E-state index contributed by atoms with van der Waals surface area (Å²) in [5, 5.41) is 12.4. The number of fused-ring (bicyclic) bond motifs is 1. The molecule has 1 N–H and O–H groups in total. The zero-order chi connectivity index (χ0) is 24.5. The lowest BCUT2D eigenvalue weighted by molar-refractivity contribution is 0.0674. The Morgan fingerprint density at radius 3 is 2.06 bits per heavy atom. The van der Waals surface area contributed by atoms with Gasteiger partial charge in [-0.05, 0) is 11.1 Å². The van der Waals surface area contributed by atoms with Gasteiger partial charge in [-0.25, -0.2) is 12.7 Å². The van der Waals surface area contributed by atoms with Crippen LogP contribution in [-0.2, 0) is 10.0 Å². The number of rotatable bonds is 7. The molecular weight excluding hydrogens is 456 g/mol. The number of carbonyl (C=O) groups excluding carboxylic acids is 1. The maximum absolute atomic E-state index is 13.3. The van der Waals surface area contributed by atoms with Crippen LogP contribution >= 0.6 is 0 Å². The summed E-state index contributed by atoms with van der Waals surface area (Å²) in [6.07, 6.45) is 2.58. The molecular formula is C24H26N4O5S. The van der Waals surface area contributed by atoms with Crippen molar-refractivity contribution in [2.24, 2.45) is 0 Å². The van der Waals surface area contributed by atoms with E-state index in [2.05, 4.69) is 0 Å². The smallest absolute Gasteiger partial charge is 0.277 e. The number of aromatic hydroxyl groups is 1. The number of benzene rings is 2. The summed E-state index contributed by atoms with van der Waals surface area (Å²) in [4.78, 5) is 27.0. The van der Waals surface area contributed by atoms with Crippen LogP contribution in [0.3, 0.4) is 0 Å². The molecule has 0 saturated heterocycles. The number of aromatic nitrogens is 1. The fraction of sp³-hybridized carbons (Fsp3) is 0.250. The number of hydrogen-bond acceptors (Lipinski definition) is 6. The lowest BCUT2D eigenvalue weighted by atomic mass is 9.98. The molecule has 0 unspecified atom stereocenters. The van der Waals surface area contributed by atoms with Crippen molar-refractivity contribution in [2.45, 2.75) is 6.04 Å². The first-order valence-electron chi connectivity index (χ1n) is 10.7. The SMILES string of the molecule is CN(CCN1CN(C(c2ccccc2)c2ccccc2)n2ccc(=O)c(O)c2C1=O)S(C)(=O)=O. The van der Waals surface area contributed by atoms with Crippen LogP contribution in [0, 0.1) is 0 Å². The van der Waals surface area contributed by atoms with E-state index < -0.39 is 27.1 Å². The Bertz CT molecular complexity index is 1300. The number of sulfonamides is 1. The van der Waals surface area contributed by atoms with Gasteiger partial charge in [0.15, 0.2) is 11.4 Å². The average Bonchev–Trinajstić information content (AvgIpc) is 2.82. The van der Waals surface area contributed by atoms with Crippen LogP contribution in [0.5, 0.6) is 5.75 Å². The van der Waals surface area contributed by atoms with E-state index in [1.165, 1.54) is 28.9 Å². The predicted octanol–water partition coefficient (Wildman–Crippen LogP) is 1.59. The first-order chi connectivity index (χ1) is 16.2. The number of hydrogen-bond donors (Lipinski definition) is 1. The third kappa shape index (κ3) is 4.55. The molecule has 10 heteroatoms. The molecule has 0 aliphatic carbocycles. The molecule has 0 radical (unpaired) electrons. The largest absolute Gasteiger partial charge is 0.502 e. The van der Waals surface area contributed by atoms with Crippen LogP contribution in [0.1, 0.15) is 27.7 Å². The van der Waals surface area contributed by atoms with Crippen LogP contribution in [-0.4, -0.2) is 66.4 Å². The normalized spacial score (nSPS) is 14.1. The monoisotopic (exact) mass is 482 g/mol. The molecule has 9 nitrogen and oxygen atoms in total. The molecule has 178 valence electrons. The Kier molecular flexibility index (Phi) is 6.45. The molecule has 1 aliphatic heterocycles. The molecule has 0 saturated carbocycles. The minimum atomic E-state index is -3.44. The first-order valence-corrected chi connectivity index (χ1v) is 12.6. The summed E-state index contributed by atoms with van der Waals surface area (Å²) >= 11 is 0. The maximum atomic E-state index is 13.3. The number of likely N-dealkylation sites (N-methyl/N-ethyl adjacent to an activating group) is 1. The molecule has 0 fully saturated rings. The van der Waals surface area contributed by atoms with Crippen LogP contribution in [0.15, 0.2) is 77.7 Å².